The molecule has 0 bridgehead atoms. The first-order chi connectivity index (χ1) is 10.4. The van der Waals surface area contributed by atoms with Gasteiger partial charge in [-0.1, -0.05) is 29.9 Å². The Hall–Kier alpha value is -2.62. The molecule has 22 heavy (non-hydrogen) atoms. The maximum Gasteiger partial charge on any atom is 0.337 e. The molecular formula is C15H9ClN2O3S. The van der Waals surface area contributed by atoms with Crippen molar-refractivity contribution in [3.8, 4) is 17.4 Å². The molecule has 5 nitrogen and oxygen atoms in total. The minimum Gasteiger partial charge on any atom is -0.478 e. The molecular weight excluding hydrogens is 324 g/mol. The molecule has 0 aliphatic heterocycles. The van der Waals surface area contributed by atoms with E-state index in [-0.39, 0.29) is 21.1 Å². The second-order valence-electron chi connectivity index (χ2n) is 4.24. The van der Waals surface area contributed by atoms with Crippen molar-refractivity contribution < 1.29 is 14.3 Å². The minimum absolute atomic E-state index is 0.0114. The molecule has 1 aromatic carbocycles. The third-order valence-electron chi connectivity index (χ3n) is 2.78. The van der Waals surface area contributed by atoms with E-state index in [1.165, 1.54) is 18.2 Å². The summed E-state index contributed by atoms with van der Waals surface area (Å²) >= 11 is 10.7. The molecule has 2 rings (SSSR count). The van der Waals surface area contributed by atoms with Crippen LogP contribution in [0.1, 0.15) is 16.1 Å². The van der Waals surface area contributed by atoms with E-state index < -0.39 is 5.97 Å². The number of hydrogen-bond acceptors (Lipinski definition) is 4. The van der Waals surface area contributed by atoms with Gasteiger partial charge >= 0.3 is 5.97 Å². The van der Waals surface area contributed by atoms with Gasteiger partial charge < -0.3 is 15.3 Å². The largest absolute Gasteiger partial charge is 0.478 e. The van der Waals surface area contributed by atoms with Gasteiger partial charge in [-0.2, -0.15) is 5.26 Å². The fourth-order valence-electron chi connectivity index (χ4n) is 1.73. The molecule has 0 aliphatic rings. The van der Waals surface area contributed by atoms with Crippen molar-refractivity contribution in [2.24, 2.45) is 5.73 Å². The summed E-state index contributed by atoms with van der Waals surface area (Å²) in [5.41, 5.74) is 6.16. The SMILES string of the molecule is N#CC(=Cc1ccc(-c2ccc(C(=O)O)c(Cl)c2)o1)C(N)=S. The summed E-state index contributed by atoms with van der Waals surface area (Å²) in [6, 6.07) is 9.67. The fraction of sp³-hybridized carbons (Fsp3) is 0. The van der Waals surface area contributed by atoms with Crippen LogP contribution in [0.4, 0.5) is 0 Å². The number of nitrogens with two attached hydrogens (primary N) is 1. The first-order valence-electron chi connectivity index (χ1n) is 5.97. The van der Waals surface area contributed by atoms with E-state index in [1.54, 1.807) is 18.2 Å². The van der Waals surface area contributed by atoms with Crippen LogP contribution in [-0.2, 0) is 0 Å². The number of nitrogens with zero attached hydrogens (tertiary/aromatic N) is 1. The van der Waals surface area contributed by atoms with Crippen LogP contribution in [0.15, 0.2) is 40.3 Å². The monoisotopic (exact) mass is 332 g/mol. The van der Waals surface area contributed by atoms with Crippen LogP contribution in [0.3, 0.4) is 0 Å². The Kier molecular flexibility index (Phi) is 4.61. The Labute approximate surface area is 136 Å². The molecule has 3 N–H and O–H groups in total. The standard InChI is InChI=1S/C15H9ClN2O3S/c16-12-6-8(1-3-11(12)15(19)20)13-4-2-10(21-13)5-9(7-17)14(18)22/h1-6H,(H2,18,22)(H,19,20). The molecule has 0 saturated heterocycles. The number of rotatable bonds is 4. The Morgan fingerprint density at radius 2 is 2.14 bits per heavy atom. The molecule has 0 unspecified atom stereocenters. The number of thiocarbonyl (C=S) groups is 1. The van der Waals surface area contributed by atoms with E-state index in [0.717, 1.165) is 0 Å². The van der Waals surface area contributed by atoms with Crippen molar-refractivity contribution in [3.05, 3.63) is 52.3 Å². The molecule has 0 radical (unpaired) electrons. The molecule has 0 saturated carbocycles. The van der Waals surface area contributed by atoms with Gasteiger partial charge in [0, 0.05) is 11.6 Å². The quantitative estimate of drug-likeness (QED) is 0.505. The van der Waals surface area contributed by atoms with Crippen molar-refractivity contribution in [3.63, 3.8) is 0 Å². The highest BCUT2D eigenvalue weighted by Gasteiger charge is 2.12. The molecule has 7 heteroatoms. The second kappa shape index (κ2) is 6.43. The zero-order valence-corrected chi connectivity index (χ0v) is 12.6. The highest BCUT2D eigenvalue weighted by Crippen LogP contribution is 2.28. The normalized spacial score (nSPS) is 11.0. The number of aromatic carboxylic acids is 1. The number of hydrogen-bond donors (Lipinski definition) is 2. The smallest absolute Gasteiger partial charge is 0.337 e. The lowest BCUT2D eigenvalue weighted by Gasteiger charge is -2.01. The van der Waals surface area contributed by atoms with Gasteiger partial charge in [-0.05, 0) is 24.3 Å². The topological polar surface area (TPSA) is 100 Å². The van der Waals surface area contributed by atoms with E-state index in [9.17, 15) is 4.79 Å². The van der Waals surface area contributed by atoms with Gasteiger partial charge in [-0.15, -0.1) is 0 Å². The first kappa shape index (κ1) is 15.8. The van der Waals surface area contributed by atoms with Gasteiger partial charge in [0.15, 0.2) is 0 Å². The molecule has 0 spiro atoms. The Morgan fingerprint density at radius 3 is 2.68 bits per heavy atom. The van der Waals surface area contributed by atoms with Crippen LogP contribution in [0.25, 0.3) is 17.4 Å². The van der Waals surface area contributed by atoms with Gasteiger partial charge in [0.05, 0.1) is 16.2 Å². The van der Waals surface area contributed by atoms with Gasteiger partial charge in [-0.3, -0.25) is 0 Å². The molecule has 0 fully saturated rings. The Bertz CT molecular complexity index is 834. The lowest BCUT2D eigenvalue weighted by molar-refractivity contribution is 0.0697. The number of furan rings is 1. The summed E-state index contributed by atoms with van der Waals surface area (Å²) in [5, 5.41) is 17.9. The van der Waals surface area contributed by atoms with E-state index in [2.05, 4.69) is 0 Å². The molecule has 0 atom stereocenters. The zero-order valence-electron chi connectivity index (χ0n) is 11.0. The van der Waals surface area contributed by atoms with Crippen LogP contribution in [0, 0.1) is 11.3 Å². The number of carboxylic acid groups (broad SMARTS) is 1. The van der Waals surface area contributed by atoms with Crippen molar-refractivity contribution >= 4 is 40.9 Å². The second-order valence-corrected chi connectivity index (χ2v) is 5.08. The number of halogens is 1. The molecule has 0 aliphatic carbocycles. The van der Waals surface area contributed by atoms with Crippen molar-refractivity contribution in [2.45, 2.75) is 0 Å². The van der Waals surface area contributed by atoms with Crippen LogP contribution in [0.2, 0.25) is 5.02 Å². The number of carboxylic acids is 1. The predicted molar refractivity (Wildman–Crippen MR) is 86.5 cm³/mol. The van der Waals surface area contributed by atoms with E-state index in [0.29, 0.717) is 17.1 Å². The van der Waals surface area contributed by atoms with Gasteiger partial charge in [0.1, 0.15) is 22.6 Å². The number of benzene rings is 1. The Balaban J connectivity index is 2.37. The van der Waals surface area contributed by atoms with Crippen LogP contribution >= 0.6 is 23.8 Å². The molecule has 0 amide bonds. The molecule has 1 heterocycles. The van der Waals surface area contributed by atoms with Crippen molar-refractivity contribution in [2.75, 3.05) is 0 Å². The summed E-state index contributed by atoms with van der Waals surface area (Å²) in [5.74, 6) is -0.224. The third kappa shape index (κ3) is 3.34. The average Bonchev–Trinajstić information content (AvgIpc) is 2.92. The maximum absolute atomic E-state index is 10.9. The van der Waals surface area contributed by atoms with Crippen LogP contribution in [0.5, 0.6) is 0 Å². The predicted octanol–water partition coefficient (Wildman–Crippen LogP) is 3.49. The third-order valence-corrected chi connectivity index (χ3v) is 3.32. The van der Waals surface area contributed by atoms with E-state index in [4.69, 9.17) is 44.3 Å². The van der Waals surface area contributed by atoms with E-state index in [1.807, 2.05) is 6.07 Å². The molecule has 1 aromatic heterocycles. The van der Waals surface area contributed by atoms with Gasteiger partial charge in [0.25, 0.3) is 0 Å². The zero-order chi connectivity index (χ0) is 16.3. The maximum atomic E-state index is 10.9. The van der Waals surface area contributed by atoms with Crippen LogP contribution < -0.4 is 5.73 Å². The van der Waals surface area contributed by atoms with E-state index >= 15 is 0 Å². The first-order valence-corrected chi connectivity index (χ1v) is 6.75. The van der Waals surface area contributed by atoms with Crippen LogP contribution in [-0.4, -0.2) is 16.1 Å². The summed E-state index contributed by atoms with van der Waals surface area (Å²) in [4.78, 5) is 10.9. The lowest BCUT2D eigenvalue weighted by Crippen LogP contribution is -2.09. The fourth-order valence-corrected chi connectivity index (χ4v) is 2.09. The summed E-state index contributed by atoms with van der Waals surface area (Å²) in [6.07, 6.45) is 1.43. The van der Waals surface area contributed by atoms with Crippen molar-refractivity contribution in [1.82, 2.24) is 0 Å². The summed E-state index contributed by atoms with van der Waals surface area (Å²) < 4.78 is 5.56. The number of nitriles is 1. The average molecular weight is 333 g/mol. The number of carbonyl (C=O) groups is 1. The van der Waals surface area contributed by atoms with Gasteiger partial charge in [-0.25, -0.2) is 4.79 Å². The molecule has 110 valence electrons. The highest BCUT2D eigenvalue weighted by atomic mass is 35.5. The highest BCUT2D eigenvalue weighted by molar-refractivity contribution is 7.80. The van der Waals surface area contributed by atoms with Gasteiger partial charge in [0.2, 0.25) is 0 Å². The summed E-state index contributed by atoms with van der Waals surface area (Å²) in [6.45, 7) is 0. The van der Waals surface area contributed by atoms with Crippen molar-refractivity contribution in [1.29, 1.82) is 5.26 Å². The molecule has 2 aromatic rings. The Morgan fingerprint density at radius 1 is 1.41 bits per heavy atom. The summed E-state index contributed by atoms with van der Waals surface area (Å²) in [7, 11) is 0. The minimum atomic E-state index is -1.10. The lowest BCUT2D eigenvalue weighted by atomic mass is 10.1.